The summed E-state index contributed by atoms with van der Waals surface area (Å²) in [5, 5.41) is 10.9. The number of carbonyl (C=O) groups is 1. The zero-order chi connectivity index (χ0) is 21.3. The summed E-state index contributed by atoms with van der Waals surface area (Å²) in [6.45, 7) is 2.77. The van der Waals surface area contributed by atoms with E-state index in [0.717, 1.165) is 55.4 Å². The molecule has 31 heavy (non-hydrogen) atoms. The van der Waals surface area contributed by atoms with Gasteiger partial charge in [-0.2, -0.15) is 0 Å². The second-order valence-electron chi connectivity index (χ2n) is 10.1. The topological polar surface area (TPSA) is 56.1 Å². The molecule has 1 saturated carbocycles. The van der Waals surface area contributed by atoms with Crippen LogP contribution in [0.4, 0.5) is 0 Å². The predicted octanol–water partition coefficient (Wildman–Crippen LogP) is 3.30. The number of hydrogen-bond donors (Lipinski definition) is 1. The summed E-state index contributed by atoms with van der Waals surface area (Å²) in [6, 6.07) is -0.258. The van der Waals surface area contributed by atoms with Gasteiger partial charge in [0.15, 0.2) is 0 Å². The largest absolute Gasteiger partial charge is 0.388 e. The molecule has 0 radical (unpaired) electrons. The quantitative estimate of drug-likeness (QED) is 0.750. The van der Waals surface area contributed by atoms with Gasteiger partial charge in [0.05, 0.1) is 17.7 Å². The van der Waals surface area contributed by atoms with Crippen LogP contribution < -0.4 is 0 Å². The molecule has 1 saturated heterocycles. The molecule has 3 heterocycles. The lowest BCUT2D eigenvalue weighted by atomic mass is 9.74. The van der Waals surface area contributed by atoms with Crippen molar-refractivity contribution in [2.75, 3.05) is 13.6 Å². The molecular formula is C26H31N3O2. The molecule has 6 rings (SSSR count). The molecular weight excluding hydrogens is 386 g/mol. The van der Waals surface area contributed by atoms with Crippen molar-refractivity contribution in [2.24, 2.45) is 10.9 Å². The number of carbonyl (C=O) groups excluding carboxylic acids is 1. The Bertz CT molecular complexity index is 1020. The van der Waals surface area contributed by atoms with E-state index in [9.17, 15) is 9.90 Å². The Morgan fingerprint density at radius 3 is 2.94 bits per heavy atom. The van der Waals surface area contributed by atoms with Crippen molar-refractivity contribution in [1.29, 1.82) is 0 Å². The van der Waals surface area contributed by atoms with Gasteiger partial charge in [-0.1, -0.05) is 30.4 Å². The predicted molar refractivity (Wildman–Crippen MR) is 122 cm³/mol. The van der Waals surface area contributed by atoms with Gasteiger partial charge in [0.1, 0.15) is 6.04 Å². The number of aliphatic hydroxyl groups excluding tert-OH is 1. The normalized spacial score (nSPS) is 35.3. The highest BCUT2D eigenvalue weighted by molar-refractivity contribution is 6.02. The minimum absolute atomic E-state index is 0.0757. The summed E-state index contributed by atoms with van der Waals surface area (Å²) < 4.78 is 0. The highest BCUT2D eigenvalue weighted by Gasteiger charge is 2.60. The number of aliphatic imine (C=N–C) groups is 1. The Hall–Kier alpha value is -2.40. The molecule has 6 aliphatic rings. The fraction of sp³-hybridized carbons (Fsp3) is 0.538. The van der Waals surface area contributed by atoms with Gasteiger partial charge in [-0.25, -0.2) is 0 Å². The average molecular weight is 418 g/mol. The molecule has 0 aromatic heterocycles. The molecule has 3 aliphatic carbocycles. The molecule has 162 valence electrons. The molecule has 1 amide bonds. The number of amides is 1. The Morgan fingerprint density at radius 1 is 1.29 bits per heavy atom. The number of rotatable bonds is 2. The molecule has 3 aliphatic heterocycles. The van der Waals surface area contributed by atoms with Crippen LogP contribution in [0.1, 0.15) is 45.4 Å². The van der Waals surface area contributed by atoms with Crippen molar-refractivity contribution >= 4 is 12.1 Å². The van der Waals surface area contributed by atoms with E-state index in [-0.39, 0.29) is 23.5 Å². The number of allylic oxidation sites excluding steroid dienone is 5. The lowest BCUT2D eigenvalue weighted by Gasteiger charge is -2.55. The Morgan fingerprint density at radius 2 is 2.13 bits per heavy atom. The van der Waals surface area contributed by atoms with Crippen LogP contribution in [-0.2, 0) is 4.79 Å². The van der Waals surface area contributed by atoms with Crippen molar-refractivity contribution < 1.29 is 9.90 Å². The number of fused-ring (bicyclic) bond motifs is 1. The van der Waals surface area contributed by atoms with E-state index in [1.165, 1.54) is 11.3 Å². The molecule has 0 aromatic carbocycles. The average Bonchev–Trinajstić information content (AvgIpc) is 3.57. The van der Waals surface area contributed by atoms with Gasteiger partial charge in [0.2, 0.25) is 0 Å². The van der Waals surface area contributed by atoms with Gasteiger partial charge >= 0.3 is 0 Å². The summed E-state index contributed by atoms with van der Waals surface area (Å²) in [4.78, 5) is 23.4. The number of aliphatic hydroxyl groups is 1. The minimum Gasteiger partial charge on any atom is -0.388 e. The number of piperazine rings is 1. The molecule has 5 nitrogen and oxygen atoms in total. The molecule has 1 spiro atoms. The van der Waals surface area contributed by atoms with Gasteiger partial charge in [-0.05, 0) is 68.1 Å². The third kappa shape index (κ3) is 2.78. The van der Waals surface area contributed by atoms with Crippen molar-refractivity contribution in [3.63, 3.8) is 0 Å². The summed E-state index contributed by atoms with van der Waals surface area (Å²) in [6.07, 6.45) is 18.4. The highest BCUT2D eigenvalue weighted by atomic mass is 16.3. The second-order valence-corrected chi connectivity index (χ2v) is 10.1. The SMILES string of the molecule is CC1=CCC(O)C2=C1C(=O)N1CC3(CC3)N(C)C3=C(CC4C=CC=CCC4)C=NC2C31. The number of likely N-dealkylation sites (N-methyl/N-ethyl adjacent to an activating group) is 1. The first kappa shape index (κ1) is 19.3. The molecule has 1 N–H and O–H groups in total. The van der Waals surface area contributed by atoms with Gasteiger partial charge in [0.25, 0.3) is 5.91 Å². The van der Waals surface area contributed by atoms with Crippen LogP contribution in [0.15, 0.2) is 63.4 Å². The fourth-order valence-electron chi connectivity index (χ4n) is 6.36. The van der Waals surface area contributed by atoms with Gasteiger partial charge < -0.3 is 14.9 Å². The van der Waals surface area contributed by atoms with Crippen LogP contribution in [0.2, 0.25) is 0 Å². The monoisotopic (exact) mass is 417 g/mol. The van der Waals surface area contributed by atoms with Crippen LogP contribution in [-0.4, -0.2) is 64.3 Å². The maximum Gasteiger partial charge on any atom is 0.254 e. The van der Waals surface area contributed by atoms with Crippen LogP contribution in [0, 0.1) is 5.92 Å². The Labute approximate surface area is 184 Å². The van der Waals surface area contributed by atoms with Crippen molar-refractivity contribution in [3.8, 4) is 0 Å². The van der Waals surface area contributed by atoms with Gasteiger partial charge in [-0.3, -0.25) is 9.79 Å². The van der Waals surface area contributed by atoms with E-state index in [0.29, 0.717) is 12.3 Å². The molecule has 5 heteroatoms. The standard InChI is InChI=1S/C26H31N3O2/c1-16-9-10-19(30)21-20(16)25(31)29-15-26(11-12-26)28(2)23-18(14-27-22(21)24(23)29)13-17-7-5-3-4-6-8-17/h3-5,7,9,14,17,19,22,24,30H,6,8,10-13,15H2,1-2H3. The molecule has 4 atom stereocenters. The van der Waals surface area contributed by atoms with E-state index >= 15 is 0 Å². The second kappa shape index (κ2) is 6.80. The van der Waals surface area contributed by atoms with Crippen molar-refractivity contribution in [1.82, 2.24) is 9.80 Å². The van der Waals surface area contributed by atoms with Crippen LogP contribution in [0.3, 0.4) is 0 Å². The van der Waals surface area contributed by atoms with Crippen molar-refractivity contribution in [3.05, 3.63) is 58.4 Å². The van der Waals surface area contributed by atoms with E-state index < -0.39 is 6.10 Å². The summed E-state index contributed by atoms with van der Waals surface area (Å²) in [7, 11) is 2.22. The minimum atomic E-state index is -0.618. The molecule has 2 fully saturated rings. The van der Waals surface area contributed by atoms with Crippen molar-refractivity contribution in [2.45, 2.75) is 69.2 Å². The van der Waals surface area contributed by atoms with Crippen LogP contribution in [0.5, 0.6) is 0 Å². The first-order chi connectivity index (χ1) is 15.0. The number of hydrogen-bond acceptors (Lipinski definition) is 4. The van der Waals surface area contributed by atoms with E-state index in [1.807, 2.05) is 13.0 Å². The van der Waals surface area contributed by atoms with Gasteiger partial charge in [-0.15, -0.1) is 0 Å². The lowest BCUT2D eigenvalue weighted by molar-refractivity contribution is -0.133. The maximum absolute atomic E-state index is 13.7. The Kier molecular flexibility index (Phi) is 4.23. The molecule has 4 unspecified atom stereocenters. The maximum atomic E-state index is 13.7. The molecule has 0 bridgehead atoms. The first-order valence-corrected chi connectivity index (χ1v) is 11.7. The zero-order valence-electron chi connectivity index (χ0n) is 18.4. The lowest BCUT2D eigenvalue weighted by Crippen LogP contribution is -2.66. The smallest absolute Gasteiger partial charge is 0.254 e. The zero-order valence-corrected chi connectivity index (χ0v) is 18.4. The van der Waals surface area contributed by atoms with E-state index in [1.54, 1.807) is 0 Å². The first-order valence-electron chi connectivity index (χ1n) is 11.7. The number of nitrogens with zero attached hydrogens (tertiary/aromatic N) is 3. The third-order valence-electron chi connectivity index (χ3n) is 8.30. The number of dihydropyridines is 1. The summed E-state index contributed by atoms with van der Waals surface area (Å²) >= 11 is 0. The van der Waals surface area contributed by atoms with Crippen LogP contribution >= 0.6 is 0 Å². The van der Waals surface area contributed by atoms with Gasteiger partial charge in [0, 0.05) is 31.1 Å². The fourth-order valence-corrected chi connectivity index (χ4v) is 6.36. The van der Waals surface area contributed by atoms with Crippen LogP contribution in [0.25, 0.3) is 0 Å². The van der Waals surface area contributed by atoms with E-state index in [2.05, 4.69) is 47.4 Å². The summed E-state index contributed by atoms with van der Waals surface area (Å²) in [5.74, 6) is 0.578. The summed E-state index contributed by atoms with van der Waals surface area (Å²) in [5.41, 5.74) is 5.18. The third-order valence-corrected chi connectivity index (χ3v) is 8.30. The Balaban J connectivity index is 1.46. The molecule has 0 aromatic rings. The van der Waals surface area contributed by atoms with E-state index in [4.69, 9.17) is 4.99 Å². The highest BCUT2D eigenvalue weighted by Crippen LogP contribution is 2.53.